The number of hydrogen-bond acceptors (Lipinski definition) is 3. The lowest BCUT2D eigenvalue weighted by molar-refractivity contribution is -0.153. The Labute approximate surface area is 111 Å². The fourth-order valence-electron chi connectivity index (χ4n) is 3.50. The van der Waals surface area contributed by atoms with Crippen LogP contribution < -0.4 is 5.32 Å². The molecule has 2 aliphatic carbocycles. The molecule has 3 atom stereocenters. The van der Waals surface area contributed by atoms with Crippen LogP contribution in [0.5, 0.6) is 0 Å². The van der Waals surface area contributed by atoms with Crippen LogP contribution in [0.1, 0.15) is 59.3 Å². The van der Waals surface area contributed by atoms with Crippen LogP contribution in [-0.4, -0.2) is 24.2 Å². The minimum Gasteiger partial charge on any atom is -0.459 e. The maximum atomic E-state index is 11.6. The molecule has 0 amide bonds. The van der Waals surface area contributed by atoms with Gasteiger partial charge in [-0.05, 0) is 45.4 Å². The summed E-state index contributed by atoms with van der Waals surface area (Å²) >= 11 is 0. The summed E-state index contributed by atoms with van der Waals surface area (Å²) in [7, 11) is 0. The standard InChI is InChI=1S/C15H27NO2/c1-15(2,3)18-14(17)10-16-13-8-11-6-4-5-7-12(11)9-13/h11-13,16H,4-10H2,1-3H3/t11-,12+,13?. The second kappa shape index (κ2) is 5.60. The van der Waals surface area contributed by atoms with Crippen LogP contribution in [0.4, 0.5) is 0 Å². The van der Waals surface area contributed by atoms with E-state index in [-0.39, 0.29) is 11.6 Å². The average Bonchev–Trinajstić information content (AvgIpc) is 2.66. The van der Waals surface area contributed by atoms with E-state index in [1.807, 2.05) is 20.8 Å². The van der Waals surface area contributed by atoms with Crippen LogP contribution >= 0.6 is 0 Å². The van der Waals surface area contributed by atoms with Crippen LogP contribution in [0.2, 0.25) is 0 Å². The minimum absolute atomic E-state index is 0.127. The highest BCUT2D eigenvalue weighted by Gasteiger charge is 2.35. The van der Waals surface area contributed by atoms with Crippen LogP contribution in [0.25, 0.3) is 0 Å². The first-order chi connectivity index (χ1) is 8.44. The third-order valence-corrected chi connectivity index (χ3v) is 4.20. The van der Waals surface area contributed by atoms with Gasteiger partial charge in [-0.2, -0.15) is 0 Å². The molecule has 2 fully saturated rings. The van der Waals surface area contributed by atoms with Gasteiger partial charge in [-0.1, -0.05) is 25.7 Å². The molecule has 0 saturated heterocycles. The second-order valence-corrected chi connectivity index (χ2v) is 6.94. The number of carbonyl (C=O) groups is 1. The number of carbonyl (C=O) groups excluding carboxylic acids is 1. The van der Waals surface area contributed by atoms with Crippen molar-refractivity contribution in [2.75, 3.05) is 6.54 Å². The fraction of sp³-hybridized carbons (Fsp3) is 0.933. The van der Waals surface area contributed by atoms with Crippen molar-refractivity contribution in [1.29, 1.82) is 0 Å². The molecule has 0 spiro atoms. The molecule has 0 heterocycles. The highest BCUT2D eigenvalue weighted by molar-refractivity contribution is 5.72. The molecule has 104 valence electrons. The van der Waals surface area contributed by atoms with Gasteiger partial charge >= 0.3 is 5.97 Å². The van der Waals surface area contributed by atoms with E-state index in [2.05, 4.69) is 5.32 Å². The Hall–Kier alpha value is -0.570. The van der Waals surface area contributed by atoms with E-state index in [4.69, 9.17) is 4.74 Å². The zero-order valence-corrected chi connectivity index (χ0v) is 12.0. The van der Waals surface area contributed by atoms with E-state index < -0.39 is 0 Å². The summed E-state index contributed by atoms with van der Waals surface area (Å²) in [5.74, 6) is 1.70. The van der Waals surface area contributed by atoms with E-state index in [0.29, 0.717) is 12.6 Å². The Morgan fingerprint density at radius 1 is 1.17 bits per heavy atom. The van der Waals surface area contributed by atoms with Crippen molar-refractivity contribution in [1.82, 2.24) is 5.32 Å². The predicted octanol–water partition coefficient (Wildman–Crippen LogP) is 2.89. The molecule has 3 nitrogen and oxygen atoms in total. The van der Waals surface area contributed by atoms with Crippen LogP contribution in [0, 0.1) is 11.8 Å². The molecule has 0 bridgehead atoms. The average molecular weight is 253 g/mol. The Morgan fingerprint density at radius 3 is 2.22 bits per heavy atom. The number of hydrogen-bond donors (Lipinski definition) is 1. The summed E-state index contributed by atoms with van der Waals surface area (Å²) < 4.78 is 5.31. The Bertz CT molecular complexity index is 281. The smallest absolute Gasteiger partial charge is 0.320 e. The fourth-order valence-corrected chi connectivity index (χ4v) is 3.50. The number of fused-ring (bicyclic) bond motifs is 1. The molecule has 3 heteroatoms. The van der Waals surface area contributed by atoms with Crippen LogP contribution in [0.3, 0.4) is 0 Å². The SMILES string of the molecule is CC(C)(C)OC(=O)CNC1C[C@H]2CCCC[C@H]2C1. The molecular formula is C15H27NO2. The van der Waals surface area contributed by atoms with Gasteiger partial charge in [-0.15, -0.1) is 0 Å². The van der Waals surface area contributed by atoms with E-state index in [0.717, 1.165) is 11.8 Å². The number of rotatable bonds is 3. The largest absolute Gasteiger partial charge is 0.459 e. The molecule has 2 saturated carbocycles. The van der Waals surface area contributed by atoms with Crippen molar-refractivity contribution in [3.8, 4) is 0 Å². The Balaban J connectivity index is 1.70. The zero-order valence-electron chi connectivity index (χ0n) is 12.0. The number of nitrogens with one attached hydrogen (secondary N) is 1. The van der Waals surface area contributed by atoms with Gasteiger partial charge in [0.1, 0.15) is 5.60 Å². The van der Waals surface area contributed by atoms with E-state index in [1.165, 1.54) is 38.5 Å². The quantitative estimate of drug-likeness (QED) is 0.786. The molecule has 0 aliphatic heterocycles. The molecule has 1 unspecified atom stereocenters. The van der Waals surface area contributed by atoms with E-state index in [9.17, 15) is 4.79 Å². The van der Waals surface area contributed by atoms with Gasteiger partial charge in [-0.3, -0.25) is 4.79 Å². The Morgan fingerprint density at radius 2 is 1.72 bits per heavy atom. The maximum Gasteiger partial charge on any atom is 0.320 e. The molecule has 2 aliphatic rings. The van der Waals surface area contributed by atoms with Gasteiger partial charge in [0, 0.05) is 6.04 Å². The minimum atomic E-state index is -0.373. The Kier molecular flexibility index (Phi) is 4.31. The summed E-state index contributed by atoms with van der Waals surface area (Å²) in [6.07, 6.45) is 8.12. The van der Waals surface area contributed by atoms with Crippen molar-refractivity contribution in [3.05, 3.63) is 0 Å². The van der Waals surface area contributed by atoms with Gasteiger partial charge in [0.05, 0.1) is 6.54 Å². The normalized spacial score (nSPS) is 32.1. The first-order valence-electron chi connectivity index (χ1n) is 7.39. The van der Waals surface area contributed by atoms with Gasteiger partial charge < -0.3 is 10.1 Å². The lowest BCUT2D eigenvalue weighted by Gasteiger charge is -2.24. The summed E-state index contributed by atoms with van der Waals surface area (Å²) in [4.78, 5) is 11.6. The van der Waals surface area contributed by atoms with Crippen LogP contribution in [-0.2, 0) is 9.53 Å². The lowest BCUT2D eigenvalue weighted by atomic mass is 9.82. The lowest BCUT2D eigenvalue weighted by Crippen LogP contribution is -2.36. The highest BCUT2D eigenvalue weighted by Crippen LogP contribution is 2.42. The zero-order chi connectivity index (χ0) is 13.2. The van der Waals surface area contributed by atoms with E-state index in [1.54, 1.807) is 0 Å². The van der Waals surface area contributed by atoms with Gasteiger partial charge in [0.15, 0.2) is 0 Å². The third-order valence-electron chi connectivity index (χ3n) is 4.20. The number of esters is 1. The summed E-state index contributed by atoms with van der Waals surface area (Å²) in [5, 5.41) is 3.39. The highest BCUT2D eigenvalue weighted by atomic mass is 16.6. The molecule has 1 N–H and O–H groups in total. The number of ether oxygens (including phenoxy) is 1. The van der Waals surface area contributed by atoms with Crippen molar-refractivity contribution < 1.29 is 9.53 Å². The van der Waals surface area contributed by atoms with Gasteiger partial charge in [0.2, 0.25) is 0 Å². The molecule has 0 aromatic heterocycles. The topological polar surface area (TPSA) is 38.3 Å². The van der Waals surface area contributed by atoms with Gasteiger partial charge in [-0.25, -0.2) is 0 Å². The molecule has 0 radical (unpaired) electrons. The maximum absolute atomic E-state index is 11.6. The molecule has 2 rings (SSSR count). The monoisotopic (exact) mass is 253 g/mol. The molecule has 18 heavy (non-hydrogen) atoms. The molecular weight excluding hydrogens is 226 g/mol. The van der Waals surface area contributed by atoms with Crippen molar-refractivity contribution in [2.24, 2.45) is 11.8 Å². The van der Waals surface area contributed by atoms with E-state index >= 15 is 0 Å². The molecule has 0 aromatic carbocycles. The first-order valence-corrected chi connectivity index (χ1v) is 7.39. The van der Waals surface area contributed by atoms with Crippen LogP contribution in [0.15, 0.2) is 0 Å². The molecule has 0 aromatic rings. The van der Waals surface area contributed by atoms with Gasteiger partial charge in [0.25, 0.3) is 0 Å². The van der Waals surface area contributed by atoms with Crippen molar-refractivity contribution >= 4 is 5.97 Å². The van der Waals surface area contributed by atoms with Crippen molar-refractivity contribution in [2.45, 2.75) is 70.9 Å². The summed E-state index contributed by atoms with van der Waals surface area (Å²) in [6, 6.07) is 0.533. The predicted molar refractivity (Wildman–Crippen MR) is 72.3 cm³/mol. The summed E-state index contributed by atoms with van der Waals surface area (Å²) in [6.45, 7) is 6.10. The third kappa shape index (κ3) is 3.98. The first kappa shape index (κ1) is 13.9. The summed E-state index contributed by atoms with van der Waals surface area (Å²) in [5.41, 5.74) is -0.373. The van der Waals surface area contributed by atoms with Crippen molar-refractivity contribution in [3.63, 3.8) is 0 Å². The second-order valence-electron chi connectivity index (χ2n) is 6.94.